The van der Waals surface area contributed by atoms with Crippen LogP contribution in [0.2, 0.25) is 0 Å². The molecule has 2 unspecified atom stereocenters. The van der Waals surface area contributed by atoms with E-state index < -0.39 is 11.5 Å². The SMILES string of the molecule is CCCC(CCNC(C)(O)OC(C)(C)C)NCc1cnc(Nc2cc(C)cc(C)c2)nc1CC. The van der Waals surface area contributed by atoms with E-state index in [1.165, 1.54) is 11.1 Å². The van der Waals surface area contributed by atoms with Gasteiger partial charge in [0.05, 0.1) is 11.3 Å². The second kappa shape index (κ2) is 12.6. The van der Waals surface area contributed by atoms with Crippen LogP contribution >= 0.6 is 0 Å². The van der Waals surface area contributed by atoms with Gasteiger partial charge >= 0.3 is 0 Å². The zero-order valence-electron chi connectivity index (χ0n) is 22.4. The van der Waals surface area contributed by atoms with Gasteiger partial charge in [0.15, 0.2) is 0 Å². The molecule has 0 aliphatic rings. The fourth-order valence-electron chi connectivity index (χ4n) is 4.19. The number of benzene rings is 1. The summed E-state index contributed by atoms with van der Waals surface area (Å²) in [5, 5.41) is 20.6. The molecule has 0 amide bonds. The molecule has 0 spiro atoms. The number of nitrogens with one attached hydrogen (secondary N) is 3. The van der Waals surface area contributed by atoms with Crippen molar-refractivity contribution in [3.63, 3.8) is 0 Å². The molecule has 0 radical (unpaired) electrons. The molecular weight excluding hydrogens is 426 g/mol. The molecule has 0 aliphatic heterocycles. The highest BCUT2D eigenvalue weighted by Gasteiger charge is 2.27. The molecule has 190 valence electrons. The monoisotopic (exact) mass is 471 g/mol. The van der Waals surface area contributed by atoms with E-state index in [9.17, 15) is 5.11 Å². The molecule has 1 aromatic heterocycles. The van der Waals surface area contributed by atoms with E-state index in [0.29, 0.717) is 25.1 Å². The first kappa shape index (κ1) is 28.2. The highest BCUT2D eigenvalue weighted by atomic mass is 16.7. The van der Waals surface area contributed by atoms with Gasteiger partial charge in [-0.15, -0.1) is 0 Å². The Morgan fingerprint density at radius 3 is 2.29 bits per heavy atom. The summed E-state index contributed by atoms with van der Waals surface area (Å²) in [6.07, 6.45) is 5.79. The van der Waals surface area contributed by atoms with Gasteiger partial charge in [0.25, 0.3) is 0 Å². The average Bonchev–Trinajstić information content (AvgIpc) is 2.69. The Labute approximate surface area is 206 Å². The lowest BCUT2D eigenvalue weighted by Gasteiger charge is -2.33. The molecule has 0 fully saturated rings. The van der Waals surface area contributed by atoms with Gasteiger partial charge in [0.2, 0.25) is 11.9 Å². The molecule has 7 nitrogen and oxygen atoms in total. The van der Waals surface area contributed by atoms with Crippen molar-refractivity contribution in [1.82, 2.24) is 20.6 Å². The van der Waals surface area contributed by atoms with Gasteiger partial charge < -0.3 is 20.5 Å². The molecule has 0 aliphatic carbocycles. The molecule has 4 N–H and O–H groups in total. The van der Waals surface area contributed by atoms with Gasteiger partial charge in [-0.25, -0.2) is 9.97 Å². The second-order valence-corrected chi connectivity index (χ2v) is 10.3. The van der Waals surface area contributed by atoms with E-state index in [0.717, 1.165) is 42.6 Å². The van der Waals surface area contributed by atoms with Crippen LogP contribution in [0.3, 0.4) is 0 Å². The quantitative estimate of drug-likeness (QED) is 0.301. The molecule has 34 heavy (non-hydrogen) atoms. The number of aromatic nitrogens is 2. The predicted molar refractivity (Wildman–Crippen MR) is 140 cm³/mol. The van der Waals surface area contributed by atoms with Gasteiger partial charge in [0, 0.05) is 43.5 Å². The van der Waals surface area contributed by atoms with Crippen molar-refractivity contribution in [2.24, 2.45) is 0 Å². The summed E-state index contributed by atoms with van der Waals surface area (Å²) in [5.41, 5.74) is 5.17. The molecule has 1 aromatic carbocycles. The first-order chi connectivity index (χ1) is 15.9. The predicted octanol–water partition coefficient (Wildman–Crippen LogP) is 5.12. The van der Waals surface area contributed by atoms with Gasteiger partial charge in [-0.1, -0.05) is 26.3 Å². The third kappa shape index (κ3) is 10.1. The maximum Gasteiger partial charge on any atom is 0.227 e. The van der Waals surface area contributed by atoms with Crippen molar-refractivity contribution < 1.29 is 9.84 Å². The minimum Gasteiger partial charge on any atom is -0.353 e. The van der Waals surface area contributed by atoms with Crippen molar-refractivity contribution in [1.29, 1.82) is 0 Å². The van der Waals surface area contributed by atoms with Crippen LogP contribution in [0.15, 0.2) is 24.4 Å². The minimum atomic E-state index is -1.35. The van der Waals surface area contributed by atoms with Crippen LogP contribution in [-0.4, -0.2) is 39.2 Å². The zero-order valence-corrected chi connectivity index (χ0v) is 22.4. The number of hydrogen-bond acceptors (Lipinski definition) is 7. The van der Waals surface area contributed by atoms with Crippen LogP contribution < -0.4 is 16.0 Å². The standard InChI is InChI=1S/C27H45N5O2/c1-9-11-22(12-13-30-27(8,33)34-26(5,6)7)28-17-21-18-29-25(32-24(21)10-2)31-23-15-19(3)14-20(4)16-23/h14-16,18,22,28,30,33H,9-13,17H2,1-8H3,(H,29,31,32). The summed E-state index contributed by atoms with van der Waals surface area (Å²) in [4.78, 5) is 9.34. The lowest BCUT2D eigenvalue weighted by molar-refractivity contribution is -0.259. The van der Waals surface area contributed by atoms with Gasteiger partial charge in [-0.05, 0) is 77.1 Å². The molecule has 0 saturated carbocycles. The van der Waals surface area contributed by atoms with Crippen molar-refractivity contribution in [3.05, 3.63) is 46.8 Å². The Morgan fingerprint density at radius 2 is 1.71 bits per heavy atom. The molecule has 7 heteroatoms. The second-order valence-electron chi connectivity index (χ2n) is 10.3. The smallest absolute Gasteiger partial charge is 0.227 e. The maximum atomic E-state index is 10.5. The van der Waals surface area contributed by atoms with E-state index >= 15 is 0 Å². The molecule has 2 rings (SSSR count). The van der Waals surface area contributed by atoms with Crippen LogP contribution in [0, 0.1) is 13.8 Å². The van der Waals surface area contributed by atoms with Crippen molar-refractivity contribution in [2.75, 3.05) is 11.9 Å². The fourth-order valence-corrected chi connectivity index (χ4v) is 4.19. The van der Waals surface area contributed by atoms with E-state index in [1.54, 1.807) is 6.92 Å². The van der Waals surface area contributed by atoms with Crippen LogP contribution in [0.25, 0.3) is 0 Å². The largest absolute Gasteiger partial charge is 0.353 e. The van der Waals surface area contributed by atoms with Crippen molar-refractivity contribution in [3.8, 4) is 0 Å². The third-order valence-corrected chi connectivity index (χ3v) is 5.44. The van der Waals surface area contributed by atoms with Crippen molar-refractivity contribution in [2.45, 2.75) is 105 Å². The maximum absolute atomic E-state index is 10.5. The van der Waals surface area contributed by atoms with Gasteiger partial charge in [-0.3, -0.25) is 5.32 Å². The van der Waals surface area contributed by atoms with Crippen LogP contribution in [-0.2, 0) is 17.7 Å². The Balaban J connectivity index is 1.96. The number of ether oxygens (including phenoxy) is 1. The first-order valence-corrected chi connectivity index (χ1v) is 12.5. The van der Waals surface area contributed by atoms with Crippen LogP contribution in [0.5, 0.6) is 0 Å². The average molecular weight is 472 g/mol. The first-order valence-electron chi connectivity index (χ1n) is 12.5. The zero-order chi connectivity index (χ0) is 25.4. The van der Waals surface area contributed by atoms with E-state index in [2.05, 4.69) is 66.8 Å². The molecular formula is C27H45N5O2. The van der Waals surface area contributed by atoms with Gasteiger partial charge in [0.1, 0.15) is 0 Å². The number of nitrogens with zero attached hydrogens (tertiary/aromatic N) is 2. The minimum absolute atomic E-state index is 0.320. The van der Waals surface area contributed by atoms with Crippen LogP contribution in [0.1, 0.15) is 83.2 Å². The summed E-state index contributed by atoms with van der Waals surface area (Å²) in [5.74, 6) is -0.724. The molecule has 1 heterocycles. The summed E-state index contributed by atoms with van der Waals surface area (Å²) < 4.78 is 5.69. The van der Waals surface area contributed by atoms with Crippen molar-refractivity contribution >= 4 is 11.6 Å². The normalized spacial score (nSPS) is 14.6. The lowest BCUT2D eigenvalue weighted by Crippen LogP contribution is -2.50. The Morgan fingerprint density at radius 1 is 1.03 bits per heavy atom. The lowest BCUT2D eigenvalue weighted by atomic mass is 10.1. The van der Waals surface area contributed by atoms with E-state index in [1.807, 2.05) is 27.0 Å². The fraction of sp³-hybridized carbons (Fsp3) is 0.630. The highest BCUT2D eigenvalue weighted by molar-refractivity contribution is 5.56. The molecule has 0 bridgehead atoms. The number of anilines is 2. The number of aryl methyl sites for hydroxylation is 3. The number of aliphatic hydroxyl groups is 1. The molecule has 0 saturated heterocycles. The Bertz CT molecular complexity index is 888. The van der Waals surface area contributed by atoms with E-state index in [4.69, 9.17) is 9.72 Å². The number of hydrogen-bond donors (Lipinski definition) is 4. The van der Waals surface area contributed by atoms with Gasteiger partial charge in [-0.2, -0.15) is 0 Å². The van der Waals surface area contributed by atoms with Crippen LogP contribution in [0.4, 0.5) is 11.6 Å². The molecule has 2 aromatic rings. The Hall–Kier alpha value is -2.06. The number of rotatable bonds is 13. The summed E-state index contributed by atoms with van der Waals surface area (Å²) >= 11 is 0. The topological polar surface area (TPSA) is 91.3 Å². The Kier molecular flexibility index (Phi) is 10.4. The summed E-state index contributed by atoms with van der Waals surface area (Å²) in [6.45, 7) is 17.3. The highest BCUT2D eigenvalue weighted by Crippen LogP contribution is 2.19. The summed E-state index contributed by atoms with van der Waals surface area (Å²) in [6, 6.07) is 6.68. The molecule has 2 atom stereocenters. The summed E-state index contributed by atoms with van der Waals surface area (Å²) in [7, 11) is 0. The van der Waals surface area contributed by atoms with E-state index in [-0.39, 0.29) is 0 Å². The third-order valence-electron chi connectivity index (χ3n) is 5.44.